The van der Waals surface area contributed by atoms with E-state index in [0.717, 1.165) is 0 Å². The number of carboxylic acids is 1. The molecule has 0 amide bonds. The summed E-state index contributed by atoms with van der Waals surface area (Å²) < 4.78 is 0. The number of para-hydroxylation sites is 1. The molecule has 0 saturated carbocycles. The first-order valence-electron chi connectivity index (χ1n) is 6.58. The molecule has 0 heterocycles. The van der Waals surface area contributed by atoms with Crippen LogP contribution in [-0.2, 0) is 4.79 Å². The molecule has 6 nitrogen and oxygen atoms in total. The van der Waals surface area contributed by atoms with Crippen molar-refractivity contribution in [2.75, 3.05) is 13.1 Å². The van der Waals surface area contributed by atoms with Gasteiger partial charge in [0.15, 0.2) is 0 Å². The molecule has 0 bridgehead atoms. The molecule has 1 aromatic carbocycles. The van der Waals surface area contributed by atoms with E-state index in [2.05, 4.69) is 0 Å². The van der Waals surface area contributed by atoms with Gasteiger partial charge in [0.2, 0.25) is 0 Å². The summed E-state index contributed by atoms with van der Waals surface area (Å²) >= 11 is 0. The van der Waals surface area contributed by atoms with E-state index in [0.29, 0.717) is 18.7 Å². The van der Waals surface area contributed by atoms with Crippen LogP contribution in [0.2, 0.25) is 0 Å². The Morgan fingerprint density at radius 2 is 2.00 bits per heavy atom. The maximum absolute atomic E-state index is 11.1. The summed E-state index contributed by atoms with van der Waals surface area (Å²) in [7, 11) is 0. The number of benzene rings is 1. The number of carboxylic acid groups (broad SMARTS) is 1. The van der Waals surface area contributed by atoms with Gasteiger partial charge < -0.3 is 5.11 Å². The molecule has 1 rings (SSSR count). The Bertz CT molecular complexity index is 490. The number of hydrogen-bond donors (Lipinski definition) is 1. The molecule has 1 aromatic rings. The molecular formula is C14H20N2O4. The Morgan fingerprint density at radius 3 is 2.50 bits per heavy atom. The average molecular weight is 280 g/mol. The molecule has 0 saturated heterocycles. The maximum Gasteiger partial charge on any atom is 0.307 e. The van der Waals surface area contributed by atoms with Gasteiger partial charge in [-0.05, 0) is 13.5 Å². The Labute approximate surface area is 118 Å². The van der Waals surface area contributed by atoms with E-state index in [-0.39, 0.29) is 11.7 Å². The van der Waals surface area contributed by atoms with Crippen LogP contribution in [-0.4, -0.2) is 34.0 Å². The van der Waals surface area contributed by atoms with Crippen LogP contribution in [0.15, 0.2) is 24.3 Å². The smallest absolute Gasteiger partial charge is 0.307 e. The summed E-state index contributed by atoms with van der Waals surface area (Å²) in [5.41, 5.74) is 0.679. The zero-order chi connectivity index (χ0) is 15.3. The topological polar surface area (TPSA) is 83.7 Å². The Morgan fingerprint density at radius 1 is 1.40 bits per heavy atom. The standard InChI is InChI=1S/C14H20N2O4/c1-4-15(9-10(2)14(17)18)11(3)12-7-5-6-8-13(12)16(19)20/h5-8,10-11H,4,9H2,1-3H3,(H,17,18). The Kier molecular flexibility index (Phi) is 5.64. The molecule has 2 atom stereocenters. The fraction of sp³-hybridized carbons (Fsp3) is 0.500. The van der Waals surface area contributed by atoms with E-state index >= 15 is 0 Å². The number of rotatable bonds is 7. The van der Waals surface area contributed by atoms with Crippen molar-refractivity contribution in [1.82, 2.24) is 4.90 Å². The zero-order valence-electron chi connectivity index (χ0n) is 11.9. The number of nitrogens with zero attached hydrogens (tertiary/aromatic N) is 2. The second-order valence-corrected chi connectivity index (χ2v) is 4.82. The molecule has 0 aliphatic rings. The molecule has 0 spiro atoms. The van der Waals surface area contributed by atoms with E-state index in [1.54, 1.807) is 25.1 Å². The predicted octanol–water partition coefficient (Wildman–Crippen LogP) is 2.70. The first kappa shape index (κ1) is 16.1. The SMILES string of the molecule is CCN(CC(C)C(=O)O)C(C)c1ccccc1[N+](=O)[O-]. The van der Waals surface area contributed by atoms with E-state index < -0.39 is 16.8 Å². The lowest BCUT2D eigenvalue weighted by Crippen LogP contribution is -2.34. The fourth-order valence-electron chi connectivity index (χ4n) is 2.19. The van der Waals surface area contributed by atoms with Crippen molar-refractivity contribution < 1.29 is 14.8 Å². The third-order valence-corrected chi connectivity index (χ3v) is 3.47. The lowest BCUT2D eigenvalue weighted by molar-refractivity contribution is -0.386. The van der Waals surface area contributed by atoms with Gasteiger partial charge in [0.05, 0.1) is 10.8 Å². The molecule has 1 N–H and O–H groups in total. The first-order valence-corrected chi connectivity index (χ1v) is 6.58. The van der Waals surface area contributed by atoms with Crippen LogP contribution in [0.4, 0.5) is 5.69 Å². The Balaban J connectivity index is 2.99. The average Bonchev–Trinajstić information content (AvgIpc) is 2.43. The molecular weight excluding hydrogens is 260 g/mol. The molecule has 0 radical (unpaired) electrons. The van der Waals surface area contributed by atoms with Gasteiger partial charge in [-0.3, -0.25) is 19.8 Å². The molecule has 20 heavy (non-hydrogen) atoms. The number of hydrogen-bond acceptors (Lipinski definition) is 4. The number of carbonyl (C=O) groups is 1. The fourth-order valence-corrected chi connectivity index (χ4v) is 2.19. The van der Waals surface area contributed by atoms with E-state index in [1.165, 1.54) is 6.07 Å². The number of aliphatic carboxylic acids is 1. The van der Waals surface area contributed by atoms with E-state index in [4.69, 9.17) is 5.11 Å². The zero-order valence-corrected chi connectivity index (χ0v) is 11.9. The normalized spacial score (nSPS) is 14.0. The predicted molar refractivity (Wildman–Crippen MR) is 75.6 cm³/mol. The third-order valence-electron chi connectivity index (χ3n) is 3.47. The van der Waals surface area contributed by atoms with Crippen molar-refractivity contribution in [2.45, 2.75) is 26.8 Å². The molecule has 6 heteroatoms. The van der Waals surface area contributed by atoms with Crippen LogP contribution in [0.5, 0.6) is 0 Å². The highest BCUT2D eigenvalue weighted by Crippen LogP contribution is 2.29. The second-order valence-electron chi connectivity index (χ2n) is 4.82. The molecule has 0 aliphatic heterocycles. The van der Waals surface area contributed by atoms with Crippen molar-refractivity contribution in [3.05, 3.63) is 39.9 Å². The maximum atomic E-state index is 11.1. The highest BCUT2D eigenvalue weighted by atomic mass is 16.6. The minimum atomic E-state index is -0.863. The van der Waals surface area contributed by atoms with Crippen LogP contribution >= 0.6 is 0 Å². The Hall–Kier alpha value is -1.95. The van der Waals surface area contributed by atoms with Gasteiger partial charge >= 0.3 is 5.97 Å². The van der Waals surface area contributed by atoms with Gasteiger partial charge in [-0.25, -0.2) is 0 Å². The summed E-state index contributed by atoms with van der Waals surface area (Å²) in [6, 6.07) is 6.37. The van der Waals surface area contributed by atoms with Gasteiger partial charge in [0.25, 0.3) is 5.69 Å². The molecule has 0 aliphatic carbocycles. The van der Waals surface area contributed by atoms with Crippen molar-refractivity contribution in [3.63, 3.8) is 0 Å². The van der Waals surface area contributed by atoms with Crippen molar-refractivity contribution in [2.24, 2.45) is 5.92 Å². The van der Waals surface area contributed by atoms with Crippen molar-refractivity contribution in [1.29, 1.82) is 0 Å². The second kappa shape index (κ2) is 7.00. The highest BCUT2D eigenvalue weighted by Gasteiger charge is 2.25. The summed E-state index contributed by atoms with van der Waals surface area (Å²) in [6.07, 6.45) is 0. The molecule has 0 fully saturated rings. The quantitative estimate of drug-likeness (QED) is 0.613. The van der Waals surface area contributed by atoms with E-state index in [9.17, 15) is 14.9 Å². The third kappa shape index (κ3) is 3.77. The minimum Gasteiger partial charge on any atom is -0.481 e. The summed E-state index contributed by atoms with van der Waals surface area (Å²) in [5, 5.41) is 20.0. The molecule has 110 valence electrons. The van der Waals surface area contributed by atoms with Crippen molar-refractivity contribution >= 4 is 11.7 Å². The van der Waals surface area contributed by atoms with Gasteiger partial charge in [-0.2, -0.15) is 0 Å². The van der Waals surface area contributed by atoms with Crippen LogP contribution in [0.3, 0.4) is 0 Å². The highest BCUT2D eigenvalue weighted by molar-refractivity contribution is 5.69. The lowest BCUT2D eigenvalue weighted by atomic mass is 10.0. The van der Waals surface area contributed by atoms with Gasteiger partial charge in [0, 0.05) is 24.2 Å². The summed E-state index contributed by atoms with van der Waals surface area (Å²) in [5.74, 6) is -1.38. The van der Waals surface area contributed by atoms with Crippen LogP contribution in [0, 0.1) is 16.0 Å². The van der Waals surface area contributed by atoms with Crippen LogP contribution in [0.1, 0.15) is 32.4 Å². The lowest BCUT2D eigenvalue weighted by Gasteiger charge is -2.29. The van der Waals surface area contributed by atoms with Crippen molar-refractivity contribution in [3.8, 4) is 0 Å². The molecule has 0 aromatic heterocycles. The number of nitro groups is 1. The van der Waals surface area contributed by atoms with Gasteiger partial charge in [-0.1, -0.05) is 32.0 Å². The molecule has 2 unspecified atom stereocenters. The number of nitro benzene ring substituents is 1. The first-order chi connectivity index (χ1) is 9.38. The van der Waals surface area contributed by atoms with Crippen LogP contribution in [0.25, 0.3) is 0 Å². The summed E-state index contributed by atoms with van der Waals surface area (Å²) in [4.78, 5) is 23.5. The van der Waals surface area contributed by atoms with Gasteiger partial charge in [-0.15, -0.1) is 0 Å². The van der Waals surface area contributed by atoms with Crippen LogP contribution < -0.4 is 0 Å². The van der Waals surface area contributed by atoms with Gasteiger partial charge in [0.1, 0.15) is 0 Å². The van der Waals surface area contributed by atoms with E-state index in [1.807, 2.05) is 18.7 Å². The minimum absolute atomic E-state index is 0.0708. The largest absolute Gasteiger partial charge is 0.481 e. The monoisotopic (exact) mass is 280 g/mol. The summed E-state index contributed by atoms with van der Waals surface area (Å²) in [6.45, 7) is 6.40.